The summed E-state index contributed by atoms with van der Waals surface area (Å²) in [7, 11) is 1.63. The summed E-state index contributed by atoms with van der Waals surface area (Å²) in [5, 5.41) is 17.8. The summed E-state index contributed by atoms with van der Waals surface area (Å²) in [6.45, 7) is 3.40. The van der Waals surface area contributed by atoms with Crippen LogP contribution in [0.1, 0.15) is 11.6 Å². The first-order chi connectivity index (χ1) is 8.52. The topological polar surface area (TPSA) is 112 Å². The Balaban J connectivity index is 2.67. The lowest BCUT2D eigenvalue weighted by molar-refractivity contribution is -0.385. The molecule has 2 rings (SSSR count). The third-order valence-electron chi connectivity index (χ3n) is 2.25. The summed E-state index contributed by atoms with van der Waals surface area (Å²) in [6, 6.07) is 0. The van der Waals surface area contributed by atoms with Crippen molar-refractivity contribution < 1.29 is 4.92 Å². The number of rotatable bonds is 3. The van der Waals surface area contributed by atoms with Gasteiger partial charge in [-0.3, -0.25) is 10.1 Å². The smallest absolute Gasteiger partial charge is 0.332 e. The van der Waals surface area contributed by atoms with Crippen molar-refractivity contribution in [1.29, 1.82) is 0 Å². The van der Waals surface area contributed by atoms with Crippen LogP contribution in [0.15, 0.2) is 6.20 Å². The highest BCUT2D eigenvalue weighted by Gasteiger charge is 2.21. The van der Waals surface area contributed by atoms with Crippen LogP contribution >= 0.6 is 0 Å². The highest BCUT2D eigenvalue weighted by atomic mass is 16.6. The van der Waals surface area contributed by atoms with E-state index in [-0.39, 0.29) is 17.5 Å². The monoisotopic (exact) mass is 249 g/mol. The van der Waals surface area contributed by atoms with Crippen molar-refractivity contribution in [3.05, 3.63) is 28.0 Å². The summed E-state index contributed by atoms with van der Waals surface area (Å²) < 4.78 is 1.33. The van der Waals surface area contributed by atoms with Gasteiger partial charge in [0.1, 0.15) is 17.8 Å². The molecule has 0 aliphatic carbocycles. The number of nitro groups is 1. The maximum Gasteiger partial charge on any atom is 0.332 e. The number of nitrogens with zero attached hydrogens (tertiary/aromatic N) is 6. The molecule has 0 saturated carbocycles. The molecule has 0 fully saturated rings. The Morgan fingerprint density at radius 2 is 2.11 bits per heavy atom. The van der Waals surface area contributed by atoms with Crippen LogP contribution < -0.4 is 5.32 Å². The van der Waals surface area contributed by atoms with E-state index in [1.54, 1.807) is 20.9 Å². The fourth-order valence-corrected chi connectivity index (χ4v) is 1.49. The zero-order chi connectivity index (χ0) is 13.3. The number of nitrogens with one attached hydrogen (secondary N) is 1. The first-order valence-corrected chi connectivity index (χ1v) is 5.12. The standard InChI is InChI=1S/C9H11N7O2/c1-5-12-6(2)15(14-5)8-7(16(17)18)4-11-9(10-3)13-8/h4H,1-3H3,(H,10,11,13). The molecule has 0 aromatic carbocycles. The van der Waals surface area contributed by atoms with Gasteiger partial charge >= 0.3 is 5.69 Å². The Hall–Kier alpha value is -2.58. The average Bonchev–Trinajstić information content (AvgIpc) is 2.67. The zero-order valence-electron chi connectivity index (χ0n) is 10.1. The van der Waals surface area contributed by atoms with Gasteiger partial charge in [0.2, 0.25) is 11.8 Å². The van der Waals surface area contributed by atoms with Crippen molar-refractivity contribution >= 4 is 11.6 Å². The Morgan fingerprint density at radius 1 is 1.39 bits per heavy atom. The molecule has 18 heavy (non-hydrogen) atoms. The minimum Gasteiger partial charge on any atom is -0.357 e. The Morgan fingerprint density at radius 3 is 2.61 bits per heavy atom. The lowest BCUT2D eigenvalue weighted by Crippen LogP contribution is -2.09. The summed E-state index contributed by atoms with van der Waals surface area (Å²) in [6.07, 6.45) is 1.14. The number of aromatic nitrogens is 5. The lowest BCUT2D eigenvalue weighted by Gasteiger charge is -2.04. The molecule has 94 valence electrons. The molecule has 2 heterocycles. The first-order valence-electron chi connectivity index (χ1n) is 5.12. The lowest BCUT2D eigenvalue weighted by atomic mass is 10.4. The quantitative estimate of drug-likeness (QED) is 0.626. The predicted molar refractivity (Wildman–Crippen MR) is 62.6 cm³/mol. The van der Waals surface area contributed by atoms with E-state index >= 15 is 0 Å². The van der Waals surface area contributed by atoms with E-state index in [4.69, 9.17) is 0 Å². The van der Waals surface area contributed by atoms with E-state index in [1.165, 1.54) is 4.68 Å². The van der Waals surface area contributed by atoms with Crippen LogP contribution in [-0.2, 0) is 0 Å². The minimum atomic E-state index is -0.550. The second kappa shape index (κ2) is 4.35. The molecular formula is C9H11N7O2. The summed E-state index contributed by atoms with van der Waals surface area (Å²) in [4.78, 5) is 22.4. The Labute approximate surface area is 102 Å². The maximum absolute atomic E-state index is 11.0. The molecule has 9 heteroatoms. The normalized spacial score (nSPS) is 10.4. The second-order valence-electron chi connectivity index (χ2n) is 3.53. The second-order valence-corrected chi connectivity index (χ2v) is 3.53. The molecule has 9 nitrogen and oxygen atoms in total. The molecule has 0 saturated heterocycles. The fraction of sp³-hybridized carbons (Fsp3) is 0.333. The van der Waals surface area contributed by atoms with Crippen molar-refractivity contribution in [2.24, 2.45) is 0 Å². The third-order valence-corrected chi connectivity index (χ3v) is 2.25. The number of hydrogen-bond donors (Lipinski definition) is 1. The molecule has 0 atom stereocenters. The fourth-order valence-electron chi connectivity index (χ4n) is 1.49. The molecule has 0 aliphatic heterocycles. The van der Waals surface area contributed by atoms with E-state index in [1.807, 2.05) is 0 Å². The van der Waals surface area contributed by atoms with Crippen LogP contribution in [0.5, 0.6) is 0 Å². The van der Waals surface area contributed by atoms with Crippen LogP contribution in [-0.4, -0.2) is 36.7 Å². The molecule has 2 aromatic rings. The van der Waals surface area contributed by atoms with E-state index in [9.17, 15) is 10.1 Å². The van der Waals surface area contributed by atoms with Crippen molar-refractivity contribution in [3.8, 4) is 5.82 Å². The minimum absolute atomic E-state index is 0.0949. The highest BCUT2D eigenvalue weighted by Crippen LogP contribution is 2.21. The van der Waals surface area contributed by atoms with E-state index in [0.717, 1.165) is 6.20 Å². The molecule has 0 aliphatic rings. The average molecular weight is 249 g/mol. The number of anilines is 1. The molecule has 0 radical (unpaired) electrons. The Bertz CT molecular complexity index is 607. The third kappa shape index (κ3) is 1.97. The van der Waals surface area contributed by atoms with Crippen LogP contribution in [0.4, 0.5) is 11.6 Å². The van der Waals surface area contributed by atoms with Gasteiger partial charge in [-0.05, 0) is 13.8 Å². The van der Waals surface area contributed by atoms with Gasteiger partial charge < -0.3 is 5.32 Å². The van der Waals surface area contributed by atoms with Gasteiger partial charge in [0.25, 0.3) is 0 Å². The van der Waals surface area contributed by atoms with Crippen LogP contribution in [0.2, 0.25) is 0 Å². The molecule has 0 bridgehead atoms. The molecule has 0 spiro atoms. The predicted octanol–water partition coefficient (Wildman–Crippen LogP) is 0.624. The van der Waals surface area contributed by atoms with Crippen molar-refractivity contribution in [1.82, 2.24) is 24.7 Å². The number of hydrogen-bond acceptors (Lipinski definition) is 7. The summed E-state index contributed by atoms with van der Waals surface area (Å²) >= 11 is 0. The molecule has 0 unspecified atom stereocenters. The SMILES string of the molecule is CNc1ncc([N+](=O)[O-])c(-n2nc(C)nc2C)n1. The van der Waals surface area contributed by atoms with Gasteiger partial charge in [-0.2, -0.15) is 9.67 Å². The van der Waals surface area contributed by atoms with Gasteiger partial charge in [0, 0.05) is 7.05 Å². The van der Waals surface area contributed by atoms with Crippen molar-refractivity contribution in [2.45, 2.75) is 13.8 Å². The molecule has 2 aromatic heterocycles. The zero-order valence-corrected chi connectivity index (χ0v) is 10.1. The van der Waals surface area contributed by atoms with E-state index < -0.39 is 4.92 Å². The first kappa shape index (κ1) is 11.9. The Kier molecular flexibility index (Phi) is 2.88. The maximum atomic E-state index is 11.0. The van der Waals surface area contributed by atoms with Crippen LogP contribution in [0.3, 0.4) is 0 Å². The van der Waals surface area contributed by atoms with Gasteiger partial charge in [-0.15, -0.1) is 5.10 Å². The van der Waals surface area contributed by atoms with E-state index in [2.05, 4.69) is 25.4 Å². The number of aryl methyl sites for hydroxylation is 2. The highest BCUT2D eigenvalue weighted by molar-refractivity contribution is 5.48. The summed E-state index contributed by atoms with van der Waals surface area (Å²) in [5.74, 6) is 1.42. The van der Waals surface area contributed by atoms with Crippen molar-refractivity contribution in [3.63, 3.8) is 0 Å². The molecular weight excluding hydrogens is 238 g/mol. The summed E-state index contributed by atoms with van der Waals surface area (Å²) in [5.41, 5.74) is -0.220. The van der Waals surface area contributed by atoms with Gasteiger partial charge in [0.15, 0.2) is 0 Å². The van der Waals surface area contributed by atoms with Gasteiger partial charge in [0.05, 0.1) is 4.92 Å². The largest absolute Gasteiger partial charge is 0.357 e. The molecule has 1 N–H and O–H groups in total. The van der Waals surface area contributed by atoms with Crippen LogP contribution in [0, 0.1) is 24.0 Å². The van der Waals surface area contributed by atoms with Crippen LogP contribution in [0.25, 0.3) is 5.82 Å². The molecule has 0 amide bonds. The van der Waals surface area contributed by atoms with Gasteiger partial charge in [-0.25, -0.2) is 9.97 Å². The van der Waals surface area contributed by atoms with Gasteiger partial charge in [-0.1, -0.05) is 0 Å². The van der Waals surface area contributed by atoms with Crippen molar-refractivity contribution in [2.75, 3.05) is 12.4 Å². The van der Waals surface area contributed by atoms with E-state index in [0.29, 0.717) is 11.6 Å².